The number of hydrogen-bond donors (Lipinski definition) is 1. The SMILES string of the molecule is CCCNCc1cncc(Oc2ccc(Br)c(C)c2)n1. The summed E-state index contributed by atoms with van der Waals surface area (Å²) in [5, 5.41) is 3.29. The minimum Gasteiger partial charge on any atom is -0.437 e. The molecule has 0 amide bonds. The first-order chi connectivity index (χ1) is 9.69. The summed E-state index contributed by atoms with van der Waals surface area (Å²) in [6.07, 6.45) is 4.48. The summed E-state index contributed by atoms with van der Waals surface area (Å²) in [6.45, 7) is 5.83. The van der Waals surface area contributed by atoms with Gasteiger partial charge in [-0.15, -0.1) is 0 Å². The number of halogens is 1. The van der Waals surface area contributed by atoms with Gasteiger partial charge in [0.2, 0.25) is 5.88 Å². The van der Waals surface area contributed by atoms with Gasteiger partial charge in [0.15, 0.2) is 0 Å². The summed E-state index contributed by atoms with van der Waals surface area (Å²) in [4.78, 5) is 8.60. The summed E-state index contributed by atoms with van der Waals surface area (Å²) in [7, 11) is 0. The molecule has 0 unspecified atom stereocenters. The van der Waals surface area contributed by atoms with Gasteiger partial charge in [-0.2, -0.15) is 0 Å². The third kappa shape index (κ3) is 4.28. The average molecular weight is 336 g/mol. The highest BCUT2D eigenvalue weighted by molar-refractivity contribution is 9.10. The van der Waals surface area contributed by atoms with E-state index in [0.717, 1.165) is 34.4 Å². The van der Waals surface area contributed by atoms with Crippen LogP contribution in [0.3, 0.4) is 0 Å². The van der Waals surface area contributed by atoms with E-state index >= 15 is 0 Å². The van der Waals surface area contributed by atoms with E-state index in [-0.39, 0.29) is 0 Å². The Morgan fingerprint density at radius 2 is 2.15 bits per heavy atom. The predicted octanol–water partition coefficient (Wildman–Crippen LogP) is 3.84. The maximum Gasteiger partial charge on any atom is 0.238 e. The Labute approximate surface area is 127 Å². The highest BCUT2D eigenvalue weighted by Gasteiger charge is 2.03. The smallest absolute Gasteiger partial charge is 0.238 e. The number of benzene rings is 1. The van der Waals surface area contributed by atoms with Crippen molar-refractivity contribution in [2.45, 2.75) is 26.8 Å². The first-order valence-electron chi connectivity index (χ1n) is 6.64. The van der Waals surface area contributed by atoms with E-state index < -0.39 is 0 Å². The fourth-order valence-electron chi connectivity index (χ4n) is 1.72. The van der Waals surface area contributed by atoms with E-state index in [1.54, 1.807) is 12.4 Å². The van der Waals surface area contributed by atoms with E-state index in [9.17, 15) is 0 Å². The predicted molar refractivity (Wildman–Crippen MR) is 83.0 cm³/mol. The number of nitrogens with one attached hydrogen (secondary N) is 1. The zero-order valence-corrected chi connectivity index (χ0v) is 13.3. The summed E-state index contributed by atoms with van der Waals surface area (Å²) in [5.74, 6) is 1.28. The number of hydrogen-bond acceptors (Lipinski definition) is 4. The molecular formula is C15H18BrN3O. The van der Waals surface area contributed by atoms with Crippen molar-refractivity contribution in [2.24, 2.45) is 0 Å². The van der Waals surface area contributed by atoms with Gasteiger partial charge in [-0.25, -0.2) is 4.98 Å². The topological polar surface area (TPSA) is 47.0 Å². The molecule has 4 nitrogen and oxygen atoms in total. The summed E-state index contributed by atoms with van der Waals surface area (Å²) < 4.78 is 6.80. The second-order valence-corrected chi connectivity index (χ2v) is 5.39. The molecule has 0 aliphatic carbocycles. The lowest BCUT2D eigenvalue weighted by Gasteiger charge is -2.08. The van der Waals surface area contributed by atoms with Crippen LogP contribution in [0.5, 0.6) is 11.6 Å². The summed E-state index contributed by atoms with van der Waals surface area (Å²) in [6, 6.07) is 5.83. The molecule has 1 aromatic carbocycles. The second kappa shape index (κ2) is 7.36. The van der Waals surface area contributed by atoms with Gasteiger partial charge in [0.05, 0.1) is 11.9 Å². The van der Waals surface area contributed by atoms with Crippen molar-refractivity contribution < 1.29 is 4.74 Å². The number of aryl methyl sites for hydroxylation is 1. The summed E-state index contributed by atoms with van der Waals surface area (Å²) >= 11 is 3.47. The van der Waals surface area contributed by atoms with E-state index in [4.69, 9.17) is 4.74 Å². The van der Waals surface area contributed by atoms with Gasteiger partial charge in [-0.05, 0) is 43.7 Å². The molecular weight excluding hydrogens is 318 g/mol. The molecule has 2 aromatic rings. The molecule has 0 spiro atoms. The lowest BCUT2D eigenvalue weighted by molar-refractivity contribution is 0.456. The van der Waals surface area contributed by atoms with Crippen LogP contribution in [-0.2, 0) is 6.54 Å². The minimum atomic E-state index is 0.516. The van der Waals surface area contributed by atoms with Gasteiger partial charge in [-0.1, -0.05) is 22.9 Å². The third-order valence-corrected chi connectivity index (χ3v) is 3.64. The zero-order valence-electron chi connectivity index (χ0n) is 11.7. The second-order valence-electron chi connectivity index (χ2n) is 4.54. The van der Waals surface area contributed by atoms with E-state index in [1.807, 2.05) is 25.1 Å². The van der Waals surface area contributed by atoms with Gasteiger partial charge in [-0.3, -0.25) is 4.98 Å². The van der Waals surface area contributed by atoms with Crippen molar-refractivity contribution >= 4 is 15.9 Å². The number of ether oxygens (including phenoxy) is 1. The Balaban J connectivity index is 2.05. The van der Waals surface area contributed by atoms with Crippen LogP contribution in [0.2, 0.25) is 0 Å². The molecule has 20 heavy (non-hydrogen) atoms. The van der Waals surface area contributed by atoms with Gasteiger partial charge in [0.1, 0.15) is 5.75 Å². The van der Waals surface area contributed by atoms with Crippen LogP contribution >= 0.6 is 15.9 Å². The molecule has 0 aliphatic heterocycles. The monoisotopic (exact) mass is 335 g/mol. The molecule has 1 N–H and O–H groups in total. The molecule has 0 fully saturated rings. The molecule has 1 heterocycles. The highest BCUT2D eigenvalue weighted by Crippen LogP contribution is 2.24. The van der Waals surface area contributed by atoms with Gasteiger partial charge >= 0.3 is 0 Å². The van der Waals surface area contributed by atoms with Crippen LogP contribution < -0.4 is 10.1 Å². The number of aromatic nitrogens is 2. The van der Waals surface area contributed by atoms with Crippen LogP contribution in [0.4, 0.5) is 0 Å². The van der Waals surface area contributed by atoms with Crippen molar-refractivity contribution in [1.29, 1.82) is 0 Å². The molecule has 0 aliphatic rings. The molecule has 2 rings (SSSR count). The molecule has 0 atom stereocenters. The van der Waals surface area contributed by atoms with Crippen molar-refractivity contribution in [2.75, 3.05) is 6.54 Å². The van der Waals surface area contributed by atoms with Crippen LogP contribution in [-0.4, -0.2) is 16.5 Å². The third-order valence-electron chi connectivity index (χ3n) is 2.75. The van der Waals surface area contributed by atoms with Crippen molar-refractivity contribution in [1.82, 2.24) is 15.3 Å². The highest BCUT2D eigenvalue weighted by atomic mass is 79.9. The van der Waals surface area contributed by atoms with Crippen LogP contribution in [0.1, 0.15) is 24.6 Å². The Morgan fingerprint density at radius 3 is 2.90 bits per heavy atom. The Hall–Kier alpha value is -1.46. The minimum absolute atomic E-state index is 0.516. The fraction of sp³-hybridized carbons (Fsp3) is 0.333. The maximum absolute atomic E-state index is 5.74. The molecule has 0 saturated heterocycles. The van der Waals surface area contributed by atoms with Crippen LogP contribution in [0.25, 0.3) is 0 Å². The molecule has 0 radical (unpaired) electrons. The fourth-order valence-corrected chi connectivity index (χ4v) is 1.96. The van der Waals surface area contributed by atoms with E-state index in [2.05, 4.69) is 38.1 Å². The van der Waals surface area contributed by atoms with E-state index in [0.29, 0.717) is 12.4 Å². The van der Waals surface area contributed by atoms with Gasteiger partial charge < -0.3 is 10.1 Å². The van der Waals surface area contributed by atoms with Crippen molar-refractivity contribution in [3.63, 3.8) is 0 Å². The number of rotatable bonds is 6. The van der Waals surface area contributed by atoms with Crippen molar-refractivity contribution in [3.8, 4) is 11.6 Å². The molecule has 106 valence electrons. The first kappa shape index (κ1) is 14.9. The normalized spacial score (nSPS) is 10.6. The Kier molecular flexibility index (Phi) is 5.49. The standard InChI is InChI=1S/C15H18BrN3O/c1-3-6-17-8-12-9-18-10-15(19-12)20-13-4-5-14(16)11(2)7-13/h4-5,7,9-10,17H,3,6,8H2,1-2H3. The lowest BCUT2D eigenvalue weighted by Crippen LogP contribution is -2.15. The van der Waals surface area contributed by atoms with Gasteiger partial charge in [0, 0.05) is 17.2 Å². The number of nitrogens with zero attached hydrogens (tertiary/aromatic N) is 2. The molecule has 0 saturated carbocycles. The van der Waals surface area contributed by atoms with Crippen LogP contribution in [0.15, 0.2) is 35.1 Å². The maximum atomic E-state index is 5.74. The zero-order chi connectivity index (χ0) is 14.4. The quantitative estimate of drug-likeness (QED) is 0.814. The van der Waals surface area contributed by atoms with E-state index in [1.165, 1.54) is 0 Å². The Morgan fingerprint density at radius 1 is 1.30 bits per heavy atom. The molecule has 5 heteroatoms. The van der Waals surface area contributed by atoms with Crippen LogP contribution in [0, 0.1) is 6.92 Å². The lowest BCUT2D eigenvalue weighted by atomic mass is 10.2. The Bertz CT molecular complexity index is 575. The average Bonchev–Trinajstić information content (AvgIpc) is 2.44. The first-order valence-corrected chi connectivity index (χ1v) is 7.44. The summed E-state index contributed by atoms with van der Waals surface area (Å²) in [5.41, 5.74) is 2.00. The molecule has 1 aromatic heterocycles. The largest absolute Gasteiger partial charge is 0.437 e. The van der Waals surface area contributed by atoms with Crippen molar-refractivity contribution in [3.05, 3.63) is 46.3 Å². The van der Waals surface area contributed by atoms with Gasteiger partial charge in [0.25, 0.3) is 0 Å². The molecule has 0 bridgehead atoms.